The van der Waals surface area contributed by atoms with Crippen molar-refractivity contribution in [1.29, 1.82) is 0 Å². The fourth-order valence-corrected chi connectivity index (χ4v) is 2.38. The Labute approximate surface area is 121 Å². The molecule has 4 heteroatoms. The average molecular weight is 272 g/mol. The van der Waals surface area contributed by atoms with Gasteiger partial charge in [0.15, 0.2) is 5.82 Å². The molecule has 0 fully saturated rings. The molecule has 2 aromatic rings. The molecule has 0 unspecified atom stereocenters. The topological polar surface area (TPSA) is 42.7 Å². The van der Waals surface area contributed by atoms with E-state index in [1.165, 1.54) is 16.8 Å². The monoisotopic (exact) mass is 272 g/mol. The molecular weight excluding hydrogens is 248 g/mol. The van der Waals surface area contributed by atoms with Crippen LogP contribution < -0.4 is 5.32 Å². The lowest BCUT2D eigenvalue weighted by Crippen LogP contribution is -2.25. The summed E-state index contributed by atoms with van der Waals surface area (Å²) in [6.45, 7) is 11.6. The van der Waals surface area contributed by atoms with Gasteiger partial charge >= 0.3 is 0 Å². The van der Waals surface area contributed by atoms with E-state index >= 15 is 0 Å². The lowest BCUT2D eigenvalue weighted by Gasteiger charge is -2.08. The van der Waals surface area contributed by atoms with Gasteiger partial charge in [0, 0.05) is 17.9 Å². The van der Waals surface area contributed by atoms with Crippen LogP contribution in [-0.2, 0) is 6.42 Å². The molecule has 0 bridgehead atoms. The van der Waals surface area contributed by atoms with Crippen LogP contribution in [0.5, 0.6) is 0 Å². The lowest BCUT2D eigenvalue weighted by atomic mass is 10.1. The smallest absolute Gasteiger partial charge is 0.153 e. The second-order valence-electron chi connectivity index (χ2n) is 5.61. The quantitative estimate of drug-likeness (QED) is 0.910. The van der Waals surface area contributed by atoms with Crippen LogP contribution in [0.1, 0.15) is 36.4 Å². The fraction of sp³-hybridized carbons (Fsp3) is 0.500. The first-order valence-electron chi connectivity index (χ1n) is 7.20. The highest BCUT2D eigenvalue weighted by atomic mass is 15.3. The van der Waals surface area contributed by atoms with Crippen molar-refractivity contribution in [3.63, 3.8) is 0 Å². The van der Waals surface area contributed by atoms with E-state index in [1.807, 2.05) is 16.9 Å². The van der Waals surface area contributed by atoms with Gasteiger partial charge < -0.3 is 5.32 Å². The third-order valence-electron chi connectivity index (χ3n) is 3.49. The molecule has 0 aliphatic heterocycles. The maximum Gasteiger partial charge on any atom is 0.153 e. The zero-order chi connectivity index (χ0) is 14.7. The van der Waals surface area contributed by atoms with Gasteiger partial charge in [-0.25, -0.2) is 9.67 Å². The Balaban J connectivity index is 2.24. The van der Waals surface area contributed by atoms with Gasteiger partial charge in [-0.1, -0.05) is 13.8 Å². The minimum absolute atomic E-state index is 0.518. The Morgan fingerprint density at radius 2 is 2.00 bits per heavy atom. The number of aryl methyl sites for hydroxylation is 2. The zero-order valence-corrected chi connectivity index (χ0v) is 13.1. The number of rotatable bonds is 5. The largest absolute Gasteiger partial charge is 0.314 e. The third-order valence-corrected chi connectivity index (χ3v) is 3.49. The Bertz CT molecular complexity index is 584. The normalized spacial score (nSPS) is 11.3. The Morgan fingerprint density at radius 3 is 2.65 bits per heavy atom. The van der Waals surface area contributed by atoms with E-state index in [9.17, 15) is 0 Å². The molecule has 0 spiro atoms. The number of hydrogen-bond donors (Lipinski definition) is 1. The first-order valence-corrected chi connectivity index (χ1v) is 7.20. The summed E-state index contributed by atoms with van der Waals surface area (Å²) >= 11 is 0. The highest BCUT2D eigenvalue weighted by Gasteiger charge is 2.13. The molecular formula is C16H24N4. The van der Waals surface area contributed by atoms with Gasteiger partial charge in [-0.05, 0) is 57.0 Å². The molecule has 0 radical (unpaired) electrons. The van der Waals surface area contributed by atoms with E-state index in [-0.39, 0.29) is 0 Å². The van der Waals surface area contributed by atoms with Gasteiger partial charge in [0.25, 0.3) is 0 Å². The number of hydrogen-bond acceptors (Lipinski definition) is 3. The van der Waals surface area contributed by atoms with E-state index < -0.39 is 0 Å². The Hall–Kier alpha value is -1.68. The van der Waals surface area contributed by atoms with Crippen molar-refractivity contribution in [1.82, 2.24) is 20.1 Å². The van der Waals surface area contributed by atoms with Crippen molar-refractivity contribution < 1.29 is 0 Å². The summed E-state index contributed by atoms with van der Waals surface area (Å²) in [6, 6.07) is 4.59. The summed E-state index contributed by atoms with van der Waals surface area (Å²) in [4.78, 5) is 4.42. The van der Waals surface area contributed by atoms with Gasteiger partial charge in [0.2, 0.25) is 0 Å². The van der Waals surface area contributed by atoms with Crippen LogP contribution in [0.25, 0.3) is 5.82 Å². The third kappa shape index (κ3) is 3.25. The second kappa shape index (κ2) is 6.18. The van der Waals surface area contributed by atoms with Crippen LogP contribution in [0.4, 0.5) is 0 Å². The molecule has 0 aliphatic carbocycles. The van der Waals surface area contributed by atoms with Gasteiger partial charge in [0.05, 0.1) is 5.69 Å². The van der Waals surface area contributed by atoms with Gasteiger partial charge in [-0.2, -0.15) is 5.10 Å². The molecule has 2 heterocycles. The SMILES string of the molecule is Cc1ccnc(-n2nc(C)c(CCNC(C)C)c2C)c1. The first-order chi connectivity index (χ1) is 9.49. The maximum atomic E-state index is 4.65. The molecule has 20 heavy (non-hydrogen) atoms. The van der Waals surface area contributed by atoms with E-state index in [1.54, 1.807) is 0 Å². The number of nitrogens with zero attached hydrogens (tertiary/aromatic N) is 3. The molecule has 4 nitrogen and oxygen atoms in total. The molecule has 0 aliphatic rings. The molecule has 2 rings (SSSR count). The maximum absolute atomic E-state index is 4.65. The molecule has 2 aromatic heterocycles. The lowest BCUT2D eigenvalue weighted by molar-refractivity contribution is 0.589. The highest BCUT2D eigenvalue weighted by molar-refractivity contribution is 5.34. The zero-order valence-electron chi connectivity index (χ0n) is 13.1. The minimum Gasteiger partial charge on any atom is -0.314 e. The predicted octanol–water partition coefficient (Wildman–Crippen LogP) is 2.73. The van der Waals surface area contributed by atoms with Crippen molar-refractivity contribution in [2.75, 3.05) is 6.54 Å². The average Bonchev–Trinajstić information content (AvgIpc) is 2.66. The minimum atomic E-state index is 0.518. The highest BCUT2D eigenvalue weighted by Crippen LogP contribution is 2.17. The summed E-state index contributed by atoms with van der Waals surface area (Å²) < 4.78 is 1.95. The van der Waals surface area contributed by atoms with Crippen LogP contribution in [0.15, 0.2) is 18.3 Å². The molecule has 0 amide bonds. The van der Waals surface area contributed by atoms with Gasteiger partial charge in [-0.15, -0.1) is 0 Å². The Morgan fingerprint density at radius 1 is 1.25 bits per heavy atom. The van der Waals surface area contributed by atoms with E-state index in [4.69, 9.17) is 0 Å². The Kier molecular flexibility index (Phi) is 4.55. The molecule has 0 atom stereocenters. The summed E-state index contributed by atoms with van der Waals surface area (Å²) in [5.41, 5.74) is 4.80. The number of pyridine rings is 1. The second-order valence-corrected chi connectivity index (χ2v) is 5.61. The van der Waals surface area contributed by atoms with Crippen molar-refractivity contribution in [2.24, 2.45) is 0 Å². The van der Waals surface area contributed by atoms with E-state index in [0.717, 1.165) is 24.5 Å². The van der Waals surface area contributed by atoms with Crippen molar-refractivity contribution in [3.8, 4) is 5.82 Å². The molecule has 0 saturated heterocycles. The summed E-state index contributed by atoms with van der Waals surface area (Å²) in [5, 5.41) is 8.10. The number of aromatic nitrogens is 3. The number of nitrogens with one attached hydrogen (secondary N) is 1. The van der Waals surface area contributed by atoms with Crippen LogP contribution in [0, 0.1) is 20.8 Å². The molecule has 1 N–H and O–H groups in total. The van der Waals surface area contributed by atoms with Crippen LogP contribution in [0.3, 0.4) is 0 Å². The van der Waals surface area contributed by atoms with Gasteiger partial charge in [-0.3, -0.25) is 0 Å². The van der Waals surface area contributed by atoms with E-state index in [0.29, 0.717) is 6.04 Å². The molecule has 108 valence electrons. The van der Waals surface area contributed by atoms with E-state index in [2.05, 4.69) is 56.1 Å². The fourth-order valence-electron chi connectivity index (χ4n) is 2.38. The standard InChI is InChI=1S/C16H24N4/c1-11(2)17-9-7-15-13(4)19-20(14(15)5)16-10-12(3)6-8-18-16/h6,8,10-11,17H,7,9H2,1-5H3. The molecule has 0 aromatic carbocycles. The van der Waals surface area contributed by atoms with Crippen LogP contribution in [0.2, 0.25) is 0 Å². The summed E-state index contributed by atoms with van der Waals surface area (Å²) in [7, 11) is 0. The van der Waals surface area contributed by atoms with Crippen LogP contribution >= 0.6 is 0 Å². The predicted molar refractivity (Wildman–Crippen MR) is 82.4 cm³/mol. The van der Waals surface area contributed by atoms with Crippen molar-refractivity contribution in [2.45, 2.75) is 47.1 Å². The summed E-state index contributed by atoms with van der Waals surface area (Å²) in [6.07, 6.45) is 2.84. The first kappa shape index (κ1) is 14.7. The van der Waals surface area contributed by atoms with Crippen LogP contribution in [-0.4, -0.2) is 27.4 Å². The molecule has 0 saturated carbocycles. The van der Waals surface area contributed by atoms with Crippen molar-refractivity contribution in [3.05, 3.63) is 40.8 Å². The van der Waals surface area contributed by atoms with Crippen molar-refractivity contribution >= 4 is 0 Å². The van der Waals surface area contributed by atoms with Gasteiger partial charge in [0.1, 0.15) is 0 Å². The summed E-state index contributed by atoms with van der Waals surface area (Å²) in [5.74, 6) is 0.897.